The first-order valence-electron chi connectivity index (χ1n) is 4.20. The minimum absolute atomic E-state index is 0.0991. The van der Waals surface area contributed by atoms with E-state index in [1.165, 1.54) is 24.9 Å². The molecule has 0 bridgehead atoms. The van der Waals surface area contributed by atoms with E-state index in [1.807, 2.05) is 0 Å². The summed E-state index contributed by atoms with van der Waals surface area (Å²) in [5.41, 5.74) is 0.486. The Bertz CT molecular complexity index is 417. The van der Waals surface area contributed by atoms with Gasteiger partial charge in [-0.3, -0.25) is 4.79 Å². The Morgan fingerprint density at radius 1 is 1.40 bits per heavy atom. The second-order valence-corrected chi connectivity index (χ2v) is 3.96. The minimum Gasteiger partial charge on any atom is -0.478 e. The summed E-state index contributed by atoms with van der Waals surface area (Å²) < 4.78 is 0.667. The van der Waals surface area contributed by atoms with Crippen molar-refractivity contribution in [2.45, 2.75) is 6.92 Å². The van der Waals surface area contributed by atoms with Crippen molar-refractivity contribution >= 4 is 33.5 Å². The third-order valence-corrected chi connectivity index (χ3v) is 2.52. The second kappa shape index (κ2) is 4.44. The number of benzene rings is 1. The standard InChI is InChI=1S/C10H10BrNO3/c1-6(13)12(2)9-4-3-7(11)5-8(9)10(14)15/h3-5H,1-2H3,(H,14,15). The molecule has 0 atom stereocenters. The number of carbonyl (C=O) groups excluding carboxylic acids is 1. The topological polar surface area (TPSA) is 57.6 Å². The van der Waals surface area contributed by atoms with Crippen molar-refractivity contribution in [1.82, 2.24) is 0 Å². The number of amides is 1. The van der Waals surface area contributed by atoms with Crippen LogP contribution in [0.25, 0.3) is 0 Å². The number of hydrogen-bond acceptors (Lipinski definition) is 2. The maximum absolute atomic E-state index is 11.1. The SMILES string of the molecule is CC(=O)N(C)c1ccc(Br)cc1C(=O)O. The Labute approximate surface area is 95.6 Å². The maximum atomic E-state index is 11.1. The van der Waals surface area contributed by atoms with Gasteiger partial charge in [0.1, 0.15) is 0 Å². The number of carboxylic acids is 1. The molecule has 0 aliphatic carbocycles. The minimum atomic E-state index is -1.06. The van der Waals surface area contributed by atoms with Gasteiger partial charge in [0.25, 0.3) is 0 Å². The van der Waals surface area contributed by atoms with Crippen LogP contribution in [-0.2, 0) is 4.79 Å². The van der Waals surface area contributed by atoms with Crippen LogP contribution >= 0.6 is 15.9 Å². The molecule has 0 radical (unpaired) electrons. The molecule has 0 saturated heterocycles. The summed E-state index contributed by atoms with van der Waals surface area (Å²) in [5, 5.41) is 8.96. The van der Waals surface area contributed by atoms with Crippen molar-refractivity contribution in [2.75, 3.05) is 11.9 Å². The van der Waals surface area contributed by atoms with E-state index in [-0.39, 0.29) is 11.5 Å². The lowest BCUT2D eigenvalue weighted by molar-refractivity contribution is -0.116. The van der Waals surface area contributed by atoms with Crippen molar-refractivity contribution in [3.05, 3.63) is 28.2 Å². The highest BCUT2D eigenvalue weighted by molar-refractivity contribution is 9.10. The molecule has 0 spiro atoms. The van der Waals surface area contributed by atoms with Crippen LogP contribution in [0.3, 0.4) is 0 Å². The first kappa shape index (κ1) is 11.7. The van der Waals surface area contributed by atoms with Crippen LogP contribution < -0.4 is 4.90 Å². The molecule has 0 unspecified atom stereocenters. The van der Waals surface area contributed by atoms with E-state index in [0.717, 1.165) is 0 Å². The molecular formula is C10H10BrNO3. The zero-order valence-corrected chi connectivity index (χ0v) is 9.91. The molecule has 80 valence electrons. The van der Waals surface area contributed by atoms with Gasteiger partial charge < -0.3 is 10.0 Å². The van der Waals surface area contributed by atoms with Gasteiger partial charge in [0, 0.05) is 18.4 Å². The van der Waals surface area contributed by atoms with Gasteiger partial charge in [0.05, 0.1) is 11.3 Å². The molecule has 0 saturated carbocycles. The third-order valence-electron chi connectivity index (χ3n) is 2.02. The first-order valence-corrected chi connectivity index (χ1v) is 5.00. The molecular weight excluding hydrogens is 262 g/mol. The quantitative estimate of drug-likeness (QED) is 0.897. The van der Waals surface area contributed by atoms with Crippen LogP contribution in [0.1, 0.15) is 17.3 Å². The molecule has 1 rings (SSSR count). The average molecular weight is 272 g/mol. The van der Waals surface area contributed by atoms with Gasteiger partial charge >= 0.3 is 5.97 Å². The average Bonchev–Trinajstić information content (AvgIpc) is 2.16. The predicted molar refractivity (Wildman–Crippen MR) is 60.2 cm³/mol. The van der Waals surface area contributed by atoms with Gasteiger partial charge in [0.15, 0.2) is 0 Å². The van der Waals surface area contributed by atoms with E-state index in [2.05, 4.69) is 15.9 Å². The predicted octanol–water partition coefficient (Wildman–Crippen LogP) is 2.13. The molecule has 1 aromatic rings. The Balaban J connectivity index is 3.28. The first-order chi connectivity index (χ1) is 6.93. The maximum Gasteiger partial charge on any atom is 0.337 e. The van der Waals surface area contributed by atoms with Gasteiger partial charge in [-0.15, -0.1) is 0 Å². The lowest BCUT2D eigenvalue weighted by atomic mass is 10.1. The van der Waals surface area contributed by atoms with E-state index in [0.29, 0.717) is 10.2 Å². The van der Waals surface area contributed by atoms with Gasteiger partial charge in [-0.25, -0.2) is 4.79 Å². The lowest BCUT2D eigenvalue weighted by Crippen LogP contribution is -2.24. The van der Waals surface area contributed by atoms with E-state index in [9.17, 15) is 9.59 Å². The van der Waals surface area contributed by atoms with Gasteiger partial charge in [0.2, 0.25) is 5.91 Å². The van der Waals surface area contributed by atoms with Crippen molar-refractivity contribution in [3.8, 4) is 0 Å². The smallest absolute Gasteiger partial charge is 0.337 e. The molecule has 1 N–H and O–H groups in total. The zero-order chi connectivity index (χ0) is 11.6. The van der Waals surface area contributed by atoms with Crippen LogP contribution in [0, 0.1) is 0 Å². The highest BCUT2D eigenvalue weighted by Gasteiger charge is 2.15. The molecule has 4 nitrogen and oxygen atoms in total. The summed E-state index contributed by atoms with van der Waals surface area (Å²) in [4.78, 5) is 23.4. The highest BCUT2D eigenvalue weighted by atomic mass is 79.9. The normalized spacial score (nSPS) is 9.80. The molecule has 0 aliphatic heterocycles. The molecule has 0 heterocycles. The van der Waals surface area contributed by atoms with Crippen LogP contribution in [0.5, 0.6) is 0 Å². The fourth-order valence-electron chi connectivity index (χ4n) is 1.14. The summed E-state index contributed by atoms with van der Waals surface area (Å²) in [6, 6.07) is 4.76. The van der Waals surface area contributed by atoms with Crippen molar-refractivity contribution in [1.29, 1.82) is 0 Å². The summed E-state index contributed by atoms with van der Waals surface area (Å²) in [6.45, 7) is 1.38. The van der Waals surface area contributed by atoms with Crippen LogP contribution in [0.15, 0.2) is 22.7 Å². The van der Waals surface area contributed by atoms with E-state index >= 15 is 0 Å². The summed E-state index contributed by atoms with van der Waals surface area (Å²) in [5.74, 6) is -1.26. The number of carboxylic acid groups (broad SMARTS) is 1. The Hall–Kier alpha value is -1.36. The summed E-state index contributed by atoms with van der Waals surface area (Å²) in [7, 11) is 1.54. The number of halogens is 1. The Morgan fingerprint density at radius 2 is 2.00 bits per heavy atom. The van der Waals surface area contributed by atoms with E-state index in [1.54, 1.807) is 12.1 Å². The van der Waals surface area contributed by atoms with Crippen LogP contribution in [-0.4, -0.2) is 24.0 Å². The molecule has 0 fully saturated rings. The van der Waals surface area contributed by atoms with Crippen LogP contribution in [0.4, 0.5) is 5.69 Å². The van der Waals surface area contributed by atoms with E-state index in [4.69, 9.17) is 5.11 Å². The summed E-state index contributed by atoms with van der Waals surface area (Å²) >= 11 is 3.18. The molecule has 0 aromatic heterocycles. The highest BCUT2D eigenvalue weighted by Crippen LogP contribution is 2.23. The largest absolute Gasteiger partial charge is 0.478 e. The number of aromatic carboxylic acids is 1. The van der Waals surface area contributed by atoms with E-state index < -0.39 is 5.97 Å². The second-order valence-electron chi connectivity index (χ2n) is 3.04. The fourth-order valence-corrected chi connectivity index (χ4v) is 1.50. The Morgan fingerprint density at radius 3 is 2.47 bits per heavy atom. The molecule has 15 heavy (non-hydrogen) atoms. The summed E-state index contributed by atoms with van der Waals surface area (Å²) in [6.07, 6.45) is 0. The monoisotopic (exact) mass is 271 g/mol. The molecule has 0 aliphatic rings. The van der Waals surface area contributed by atoms with Crippen molar-refractivity contribution < 1.29 is 14.7 Å². The number of anilines is 1. The number of carbonyl (C=O) groups is 2. The number of rotatable bonds is 2. The number of nitrogens with zero attached hydrogens (tertiary/aromatic N) is 1. The molecule has 1 aromatic carbocycles. The van der Waals surface area contributed by atoms with Gasteiger partial charge in [-0.1, -0.05) is 15.9 Å². The fraction of sp³-hybridized carbons (Fsp3) is 0.200. The zero-order valence-electron chi connectivity index (χ0n) is 8.32. The van der Waals surface area contributed by atoms with Crippen molar-refractivity contribution in [2.24, 2.45) is 0 Å². The Kier molecular flexibility index (Phi) is 3.47. The molecule has 5 heteroatoms. The van der Waals surface area contributed by atoms with Gasteiger partial charge in [-0.05, 0) is 18.2 Å². The van der Waals surface area contributed by atoms with Crippen LogP contribution in [0.2, 0.25) is 0 Å². The number of hydrogen-bond donors (Lipinski definition) is 1. The lowest BCUT2D eigenvalue weighted by Gasteiger charge is -2.17. The third kappa shape index (κ3) is 2.56. The molecule has 1 amide bonds. The van der Waals surface area contributed by atoms with Gasteiger partial charge in [-0.2, -0.15) is 0 Å². The van der Waals surface area contributed by atoms with Crippen molar-refractivity contribution in [3.63, 3.8) is 0 Å².